The van der Waals surface area contributed by atoms with Crippen molar-refractivity contribution in [3.63, 3.8) is 0 Å². The lowest BCUT2D eigenvalue weighted by Gasteiger charge is -2.14. The van der Waals surface area contributed by atoms with Gasteiger partial charge in [0.1, 0.15) is 0 Å². The SMILES string of the molecule is Cc1ccc(-n2c(=O)c3ccccc3n3c(SCC(=O)N[C@H]4CCS(=O)(=O)C4)nnc23)c(C)c1. The molecule has 1 aliphatic rings. The first-order chi connectivity index (χ1) is 16.2. The minimum Gasteiger partial charge on any atom is -0.352 e. The Morgan fingerprint density at radius 1 is 1.18 bits per heavy atom. The summed E-state index contributed by atoms with van der Waals surface area (Å²) in [5.74, 6) is 0.219. The molecule has 1 amide bonds. The molecular weight excluding hydrogens is 474 g/mol. The second-order valence-electron chi connectivity index (χ2n) is 8.52. The van der Waals surface area contributed by atoms with Crippen LogP contribution in [0, 0.1) is 13.8 Å². The lowest BCUT2D eigenvalue weighted by molar-refractivity contribution is -0.119. The molecule has 0 spiro atoms. The highest BCUT2D eigenvalue weighted by atomic mass is 32.2. The zero-order valence-electron chi connectivity index (χ0n) is 18.7. The Hall–Kier alpha value is -3.18. The van der Waals surface area contributed by atoms with Crippen LogP contribution in [0.5, 0.6) is 0 Å². The smallest absolute Gasteiger partial charge is 0.267 e. The van der Waals surface area contributed by atoms with Gasteiger partial charge < -0.3 is 5.32 Å². The number of hydrogen-bond donors (Lipinski definition) is 1. The molecule has 11 heteroatoms. The van der Waals surface area contributed by atoms with E-state index in [1.807, 2.05) is 50.2 Å². The van der Waals surface area contributed by atoms with E-state index in [4.69, 9.17) is 0 Å². The number of aromatic nitrogens is 4. The van der Waals surface area contributed by atoms with Crippen LogP contribution in [0.3, 0.4) is 0 Å². The fourth-order valence-corrected chi connectivity index (χ4v) is 6.78. The highest BCUT2D eigenvalue weighted by molar-refractivity contribution is 7.99. The van der Waals surface area contributed by atoms with Gasteiger partial charge in [0.25, 0.3) is 5.56 Å². The second-order valence-corrected chi connectivity index (χ2v) is 11.7. The predicted molar refractivity (Wildman–Crippen MR) is 131 cm³/mol. The number of para-hydroxylation sites is 1. The average Bonchev–Trinajstić information content (AvgIpc) is 3.36. The first-order valence-corrected chi connectivity index (χ1v) is 13.6. The summed E-state index contributed by atoms with van der Waals surface area (Å²) in [6.45, 7) is 3.94. The van der Waals surface area contributed by atoms with E-state index in [1.165, 1.54) is 11.8 Å². The number of benzene rings is 2. The van der Waals surface area contributed by atoms with Crippen molar-refractivity contribution >= 4 is 44.2 Å². The van der Waals surface area contributed by atoms with Gasteiger partial charge in [0.2, 0.25) is 11.7 Å². The summed E-state index contributed by atoms with van der Waals surface area (Å²) in [4.78, 5) is 25.9. The number of aryl methyl sites for hydroxylation is 2. The lowest BCUT2D eigenvalue weighted by atomic mass is 10.1. The number of carbonyl (C=O) groups excluding carboxylic acids is 1. The average molecular weight is 498 g/mol. The Bertz CT molecular complexity index is 1610. The molecule has 0 unspecified atom stereocenters. The van der Waals surface area contributed by atoms with Gasteiger partial charge in [0, 0.05) is 6.04 Å². The summed E-state index contributed by atoms with van der Waals surface area (Å²) in [5.41, 5.74) is 3.19. The van der Waals surface area contributed by atoms with Gasteiger partial charge in [-0.05, 0) is 44.0 Å². The monoisotopic (exact) mass is 497 g/mol. The quantitative estimate of drug-likeness (QED) is 0.420. The van der Waals surface area contributed by atoms with E-state index in [0.717, 1.165) is 16.8 Å². The molecule has 0 radical (unpaired) electrons. The van der Waals surface area contributed by atoms with Crippen molar-refractivity contribution in [1.82, 2.24) is 24.5 Å². The first kappa shape index (κ1) is 22.6. The Morgan fingerprint density at radius 2 is 1.97 bits per heavy atom. The van der Waals surface area contributed by atoms with Crippen molar-refractivity contribution < 1.29 is 13.2 Å². The molecule has 1 N–H and O–H groups in total. The summed E-state index contributed by atoms with van der Waals surface area (Å²) in [6.07, 6.45) is 0.430. The van der Waals surface area contributed by atoms with Crippen molar-refractivity contribution in [2.75, 3.05) is 17.3 Å². The summed E-state index contributed by atoms with van der Waals surface area (Å²) >= 11 is 1.19. The molecule has 0 aliphatic carbocycles. The third-order valence-electron chi connectivity index (χ3n) is 5.92. The Kier molecular flexibility index (Phi) is 5.68. The number of amides is 1. The van der Waals surface area contributed by atoms with Gasteiger partial charge in [-0.25, -0.2) is 13.0 Å². The maximum atomic E-state index is 13.5. The zero-order chi connectivity index (χ0) is 24.0. The summed E-state index contributed by atoms with van der Waals surface area (Å²) in [6, 6.07) is 12.7. The van der Waals surface area contributed by atoms with Gasteiger partial charge >= 0.3 is 0 Å². The number of rotatable bonds is 5. The third kappa shape index (κ3) is 4.09. The van der Waals surface area contributed by atoms with Crippen molar-refractivity contribution in [2.45, 2.75) is 31.5 Å². The number of hydrogen-bond acceptors (Lipinski definition) is 7. The molecule has 1 saturated heterocycles. The molecule has 0 bridgehead atoms. The van der Waals surface area contributed by atoms with Crippen molar-refractivity contribution in [3.05, 3.63) is 63.9 Å². The van der Waals surface area contributed by atoms with Crippen LogP contribution in [0.25, 0.3) is 22.4 Å². The van der Waals surface area contributed by atoms with Crippen LogP contribution < -0.4 is 10.9 Å². The maximum absolute atomic E-state index is 13.5. The van der Waals surface area contributed by atoms with Gasteiger partial charge in [-0.2, -0.15) is 0 Å². The van der Waals surface area contributed by atoms with Crippen LogP contribution in [-0.4, -0.2) is 56.8 Å². The van der Waals surface area contributed by atoms with Crippen LogP contribution in [-0.2, 0) is 14.6 Å². The molecule has 3 heterocycles. The van der Waals surface area contributed by atoms with Crippen LogP contribution in [0.15, 0.2) is 52.4 Å². The van der Waals surface area contributed by atoms with E-state index in [2.05, 4.69) is 15.5 Å². The molecule has 0 saturated carbocycles. The topological polar surface area (TPSA) is 115 Å². The highest BCUT2D eigenvalue weighted by Crippen LogP contribution is 2.24. The van der Waals surface area contributed by atoms with Crippen LogP contribution in [0.4, 0.5) is 0 Å². The molecule has 2 aromatic carbocycles. The number of sulfone groups is 1. The number of fused-ring (bicyclic) bond motifs is 3. The Morgan fingerprint density at radius 3 is 2.71 bits per heavy atom. The number of nitrogens with zero attached hydrogens (tertiary/aromatic N) is 4. The van der Waals surface area contributed by atoms with Gasteiger partial charge in [-0.15, -0.1) is 10.2 Å². The molecule has 5 rings (SSSR count). The van der Waals surface area contributed by atoms with Crippen molar-refractivity contribution in [1.29, 1.82) is 0 Å². The zero-order valence-corrected chi connectivity index (χ0v) is 20.3. The van der Waals surface area contributed by atoms with Crippen LogP contribution >= 0.6 is 11.8 Å². The summed E-state index contributed by atoms with van der Waals surface area (Å²) in [5, 5.41) is 12.4. The van der Waals surface area contributed by atoms with E-state index < -0.39 is 9.84 Å². The van der Waals surface area contributed by atoms with E-state index in [-0.39, 0.29) is 34.8 Å². The largest absolute Gasteiger partial charge is 0.352 e. The lowest BCUT2D eigenvalue weighted by Crippen LogP contribution is -2.36. The fraction of sp³-hybridized carbons (Fsp3) is 0.304. The van der Waals surface area contributed by atoms with E-state index in [0.29, 0.717) is 28.3 Å². The Balaban J connectivity index is 1.54. The molecule has 9 nitrogen and oxygen atoms in total. The molecule has 1 fully saturated rings. The van der Waals surface area contributed by atoms with Gasteiger partial charge in [-0.3, -0.25) is 14.0 Å². The van der Waals surface area contributed by atoms with E-state index in [1.54, 1.807) is 15.0 Å². The number of thioether (sulfide) groups is 1. The van der Waals surface area contributed by atoms with Crippen molar-refractivity contribution in [2.24, 2.45) is 0 Å². The fourth-order valence-electron chi connectivity index (χ4n) is 4.35. The number of carbonyl (C=O) groups is 1. The minimum absolute atomic E-state index is 0.0237. The second kappa shape index (κ2) is 8.55. The molecule has 1 aliphatic heterocycles. The van der Waals surface area contributed by atoms with E-state index in [9.17, 15) is 18.0 Å². The summed E-state index contributed by atoms with van der Waals surface area (Å²) in [7, 11) is -3.07. The molecule has 4 aromatic rings. The number of nitrogens with one attached hydrogen (secondary N) is 1. The van der Waals surface area contributed by atoms with Crippen LogP contribution in [0.1, 0.15) is 17.5 Å². The Labute approximate surface area is 200 Å². The maximum Gasteiger partial charge on any atom is 0.267 e. The first-order valence-electron chi connectivity index (χ1n) is 10.8. The van der Waals surface area contributed by atoms with Gasteiger partial charge in [0.15, 0.2) is 15.0 Å². The predicted octanol–water partition coefficient (Wildman–Crippen LogP) is 2.05. The highest BCUT2D eigenvalue weighted by Gasteiger charge is 2.29. The van der Waals surface area contributed by atoms with Crippen LogP contribution in [0.2, 0.25) is 0 Å². The molecular formula is C23H23N5O4S2. The normalized spacial score (nSPS) is 17.4. The molecule has 34 heavy (non-hydrogen) atoms. The molecule has 2 aromatic heterocycles. The summed E-state index contributed by atoms with van der Waals surface area (Å²) < 4.78 is 26.6. The van der Waals surface area contributed by atoms with Crippen molar-refractivity contribution in [3.8, 4) is 5.69 Å². The third-order valence-corrected chi connectivity index (χ3v) is 8.61. The minimum atomic E-state index is -3.07. The van der Waals surface area contributed by atoms with Gasteiger partial charge in [-0.1, -0.05) is 41.6 Å². The van der Waals surface area contributed by atoms with E-state index >= 15 is 0 Å². The standard InChI is InChI=1S/C23H23N5O4S2/c1-14-7-8-18(15(2)11-14)27-21(30)17-5-3-4-6-19(17)28-22(27)25-26-23(28)33-12-20(29)24-16-9-10-34(31,32)13-16/h3-8,11,16H,9-10,12-13H2,1-2H3,(H,24,29)/t16-/m0/s1. The molecule has 176 valence electrons. The van der Waals surface area contributed by atoms with Gasteiger partial charge in [0.05, 0.1) is 33.8 Å². The molecule has 1 atom stereocenters.